The molecule has 0 unspecified atom stereocenters. The summed E-state index contributed by atoms with van der Waals surface area (Å²) in [7, 11) is -3.49. The first kappa shape index (κ1) is 15.0. The SMILES string of the molecule is CC[C@@H]1OCC[C@H]1NS(=O)(=O)c1cc(C)cc(Br)c1. The molecule has 1 saturated heterocycles. The molecule has 19 heavy (non-hydrogen) atoms. The highest BCUT2D eigenvalue weighted by Crippen LogP contribution is 2.22. The van der Waals surface area contributed by atoms with Crippen LogP contribution >= 0.6 is 15.9 Å². The minimum absolute atomic E-state index is 0.0250. The molecule has 1 heterocycles. The predicted octanol–water partition coefficient (Wildman–Crippen LogP) is 2.60. The Morgan fingerprint density at radius 1 is 1.42 bits per heavy atom. The molecule has 0 spiro atoms. The summed E-state index contributed by atoms with van der Waals surface area (Å²) in [6.07, 6.45) is 1.51. The van der Waals surface area contributed by atoms with E-state index in [0.29, 0.717) is 11.5 Å². The fraction of sp³-hybridized carbons (Fsp3) is 0.538. The second-order valence-electron chi connectivity index (χ2n) is 4.80. The summed E-state index contributed by atoms with van der Waals surface area (Å²) in [6, 6.07) is 5.04. The topological polar surface area (TPSA) is 55.4 Å². The van der Waals surface area contributed by atoms with Crippen molar-refractivity contribution in [3.8, 4) is 0 Å². The van der Waals surface area contributed by atoms with Crippen LogP contribution in [0.25, 0.3) is 0 Å². The molecule has 0 aliphatic carbocycles. The summed E-state index contributed by atoms with van der Waals surface area (Å²) in [5.41, 5.74) is 0.907. The standard InChI is InChI=1S/C13H18BrNO3S/c1-3-13-12(4-5-18-13)15-19(16,17)11-7-9(2)6-10(14)8-11/h6-8,12-13,15H,3-5H2,1-2H3/t12-,13+/m1/s1. The molecule has 2 rings (SSSR count). The Kier molecular flexibility index (Phi) is 4.66. The minimum Gasteiger partial charge on any atom is -0.377 e. The fourth-order valence-corrected chi connectivity index (χ4v) is 4.50. The van der Waals surface area contributed by atoms with Crippen LogP contribution in [-0.2, 0) is 14.8 Å². The van der Waals surface area contributed by atoms with Gasteiger partial charge in [-0.05, 0) is 43.5 Å². The van der Waals surface area contributed by atoms with E-state index >= 15 is 0 Å². The summed E-state index contributed by atoms with van der Waals surface area (Å²) >= 11 is 3.33. The van der Waals surface area contributed by atoms with Gasteiger partial charge in [0, 0.05) is 11.1 Å². The fourth-order valence-electron chi connectivity index (χ4n) is 2.31. The molecule has 1 aliphatic heterocycles. The molecule has 0 aromatic heterocycles. The number of halogens is 1. The Hall–Kier alpha value is -0.430. The molecule has 1 aliphatic rings. The van der Waals surface area contributed by atoms with Crippen LogP contribution in [0.4, 0.5) is 0 Å². The Morgan fingerprint density at radius 2 is 2.16 bits per heavy atom. The van der Waals surface area contributed by atoms with Gasteiger partial charge in [0.2, 0.25) is 10.0 Å². The third-order valence-corrected chi connectivity index (χ3v) is 5.17. The number of rotatable bonds is 4. The minimum atomic E-state index is -3.49. The number of hydrogen-bond donors (Lipinski definition) is 1. The maximum Gasteiger partial charge on any atom is 0.240 e. The third-order valence-electron chi connectivity index (χ3n) is 3.24. The van der Waals surface area contributed by atoms with E-state index in [1.807, 2.05) is 19.9 Å². The first-order chi connectivity index (χ1) is 8.92. The summed E-state index contributed by atoms with van der Waals surface area (Å²) in [4.78, 5) is 0.293. The highest BCUT2D eigenvalue weighted by molar-refractivity contribution is 9.10. The molecule has 1 aromatic rings. The molecule has 6 heteroatoms. The van der Waals surface area contributed by atoms with E-state index in [4.69, 9.17) is 4.74 Å². The summed E-state index contributed by atoms with van der Waals surface area (Å²) < 4.78 is 33.8. The van der Waals surface area contributed by atoms with Crippen LogP contribution in [-0.4, -0.2) is 27.2 Å². The van der Waals surface area contributed by atoms with Crippen molar-refractivity contribution in [1.29, 1.82) is 0 Å². The van der Waals surface area contributed by atoms with Crippen molar-refractivity contribution < 1.29 is 13.2 Å². The number of aryl methyl sites for hydroxylation is 1. The Morgan fingerprint density at radius 3 is 2.79 bits per heavy atom. The maximum atomic E-state index is 12.4. The molecule has 0 bridgehead atoms. The summed E-state index contributed by atoms with van der Waals surface area (Å²) in [5.74, 6) is 0. The van der Waals surface area contributed by atoms with Gasteiger partial charge in [-0.1, -0.05) is 22.9 Å². The lowest BCUT2D eigenvalue weighted by Crippen LogP contribution is -2.40. The van der Waals surface area contributed by atoms with E-state index in [1.54, 1.807) is 12.1 Å². The summed E-state index contributed by atoms with van der Waals surface area (Å²) in [5, 5.41) is 0. The zero-order chi connectivity index (χ0) is 14.0. The van der Waals surface area contributed by atoms with E-state index in [1.165, 1.54) is 0 Å². The predicted molar refractivity (Wildman–Crippen MR) is 77.6 cm³/mol. The van der Waals surface area contributed by atoms with E-state index in [-0.39, 0.29) is 12.1 Å². The molecular formula is C13H18BrNO3S. The average molecular weight is 348 g/mol. The van der Waals surface area contributed by atoms with E-state index < -0.39 is 10.0 Å². The van der Waals surface area contributed by atoms with Crippen molar-refractivity contribution in [2.24, 2.45) is 0 Å². The summed E-state index contributed by atoms with van der Waals surface area (Å²) in [6.45, 7) is 4.49. The van der Waals surface area contributed by atoms with Gasteiger partial charge in [-0.3, -0.25) is 0 Å². The first-order valence-electron chi connectivity index (χ1n) is 6.33. The lowest BCUT2D eigenvalue weighted by Gasteiger charge is -2.18. The molecular weight excluding hydrogens is 330 g/mol. The second kappa shape index (κ2) is 5.91. The quantitative estimate of drug-likeness (QED) is 0.910. The van der Waals surface area contributed by atoms with Crippen LogP contribution in [0.2, 0.25) is 0 Å². The van der Waals surface area contributed by atoms with Gasteiger partial charge < -0.3 is 4.74 Å². The van der Waals surface area contributed by atoms with Crippen LogP contribution in [0, 0.1) is 6.92 Å². The van der Waals surface area contributed by atoms with E-state index in [9.17, 15) is 8.42 Å². The van der Waals surface area contributed by atoms with Crippen molar-refractivity contribution in [3.63, 3.8) is 0 Å². The van der Waals surface area contributed by atoms with Crippen molar-refractivity contribution >= 4 is 26.0 Å². The second-order valence-corrected chi connectivity index (χ2v) is 7.43. The van der Waals surface area contributed by atoms with Gasteiger partial charge in [-0.25, -0.2) is 13.1 Å². The Labute approximate surface area is 122 Å². The zero-order valence-corrected chi connectivity index (χ0v) is 13.4. The van der Waals surface area contributed by atoms with Crippen molar-refractivity contribution in [2.45, 2.75) is 43.7 Å². The first-order valence-corrected chi connectivity index (χ1v) is 8.61. The lowest BCUT2D eigenvalue weighted by atomic mass is 10.1. The van der Waals surface area contributed by atoms with Gasteiger partial charge in [-0.2, -0.15) is 0 Å². The van der Waals surface area contributed by atoms with Crippen LogP contribution in [0.3, 0.4) is 0 Å². The largest absolute Gasteiger partial charge is 0.377 e. The third kappa shape index (κ3) is 3.56. The van der Waals surface area contributed by atoms with Gasteiger partial charge in [0.15, 0.2) is 0 Å². The van der Waals surface area contributed by atoms with Crippen LogP contribution in [0.5, 0.6) is 0 Å². The van der Waals surface area contributed by atoms with E-state index in [0.717, 1.165) is 22.9 Å². The van der Waals surface area contributed by atoms with Crippen LogP contribution in [0.1, 0.15) is 25.3 Å². The molecule has 2 atom stereocenters. The molecule has 106 valence electrons. The average Bonchev–Trinajstić information content (AvgIpc) is 2.74. The molecule has 0 amide bonds. The Balaban J connectivity index is 2.22. The molecule has 1 aromatic carbocycles. The molecule has 4 nitrogen and oxygen atoms in total. The number of hydrogen-bond acceptors (Lipinski definition) is 3. The Bertz CT molecular complexity index is 539. The lowest BCUT2D eigenvalue weighted by molar-refractivity contribution is 0.0990. The number of sulfonamides is 1. The van der Waals surface area contributed by atoms with Crippen molar-refractivity contribution in [2.75, 3.05) is 6.61 Å². The van der Waals surface area contributed by atoms with Gasteiger partial charge in [-0.15, -0.1) is 0 Å². The highest BCUT2D eigenvalue weighted by atomic mass is 79.9. The normalized spacial score (nSPS) is 23.7. The monoisotopic (exact) mass is 347 g/mol. The van der Waals surface area contributed by atoms with Gasteiger partial charge in [0.05, 0.1) is 17.0 Å². The molecule has 0 saturated carbocycles. The van der Waals surface area contributed by atoms with E-state index in [2.05, 4.69) is 20.7 Å². The zero-order valence-electron chi connectivity index (χ0n) is 11.0. The number of ether oxygens (including phenoxy) is 1. The van der Waals surface area contributed by atoms with Gasteiger partial charge in [0.25, 0.3) is 0 Å². The van der Waals surface area contributed by atoms with Crippen molar-refractivity contribution in [3.05, 3.63) is 28.2 Å². The number of benzene rings is 1. The highest BCUT2D eigenvalue weighted by Gasteiger charge is 2.31. The van der Waals surface area contributed by atoms with Crippen LogP contribution < -0.4 is 4.72 Å². The maximum absolute atomic E-state index is 12.4. The van der Waals surface area contributed by atoms with Crippen LogP contribution in [0.15, 0.2) is 27.6 Å². The van der Waals surface area contributed by atoms with Crippen molar-refractivity contribution in [1.82, 2.24) is 4.72 Å². The van der Waals surface area contributed by atoms with Gasteiger partial charge in [0.1, 0.15) is 0 Å². The molecule has 1 fully saturated rings. The smallest absolute Gasteiger partial charge is 0.240 e. The molecule has 1 N–H and O–H groups in total. The molecule has 0 radical (unpaired) electrons. The van der Waals surface area contributed by atoms with Gasteiger partial charge >= 0.3 is 0 Å². The number of nitrogens with one attached hydrogen (secondary N) is 1.